The molecule has 86 valence electrons. The van der Waals surface area contributed by atoms with Gasteiger partial charge in [-0.25, -0.2) is 4.79 Å². The summed E-state index contributed by atoms with van der Waals surface area (Å²) in [6, 6.07) is 7.22. The zero-order valence-corrected chi connectivity index (χ0v) is 8.92. The quantitative estimate of drug-likeness (QED) is 0.537. The number of nitrogens with zero attached hydrogens (tertiary/aromatic N) is 2. The molecule has 0 bridgehead atoms. The van der Waals surface area contributed by atoms with Gasteiger partial charge in [0, 0.05) is 17.0 Å². The van der Waals surface area contributed by atoms with E-state index >= 15 is 0 Å². The largest absolute Gasteiger partial charge is 0.352 e. The standard InChI is InChI=1S/C10H7N3.CH4N2O/c1-2-7-3-4-9-8(6-12-13-9)10(7)11-5-1;2-1(3)4/h1-6H,(H,12,13);(H4,2,3,4). The molecular weight excluding hydrogens is 218 g/mol. The Hall–Kier alpha value is -2.63. The SMILES string of the molecule is NC(N)=O.c1cnc2c(c1)ccc1[nH]ncc12. The molecule has 6 nitrogen and oxygen atoms in total. The summed E-state index contributed by atoms with van der Waals surface area (Å²) in [7, 11) is 0. The Morgan fingerprint density at radius 3 is 2.76 bits per heavy atom. The first-order chi connectivity index (χ1) is 8.18. The van der Waals surface area contributed by atoms with E-state index in [1.807, 2.05) is 24.4 Å². The molecule has 17 heavy (non-hydrogen) atoms. The maximum absolute atomic E-state index is 9.00. The van der Waals surface area contributed by atoms with E-state index < -0.39 is 6.03 Å². The fourth-order valence-corrected chi connectivity index (χ4v) is 1.56. The molecule has 0 atom stereocenters. The van der Waals surface area contributed by atoms with Crippen LogP contribution in [-0.4, -0.2) is 21.2 Å². The number of H-pyrrole nitrogens is 1. The molecule has 0 radical (unpaired) electrons. The molecule has 6 heteroatoms. The van der Waals surface area contributed by atoms with Crippen LogP contribution in [0.2, 0.25) is 0 Å². The number of pyridine rings is 1. The fraction of sp³-hybridized carbons (Fsp3) is 0. The van der Waals surface area contributed by atoms with Crippen molar-refractivity contribution in [2.24, 2.45) is 11.5 Å². The number of aromatic amines is 1. The van der Waals surface area contributed by atoms with Gasteiger partial charge in [-0.15, -0.1) is 0 Å². The average Bonchev–Trinajstić information content (AvgIpc) is 2.76. The zero-order valence-electron chi connectivity index (χ0n) is 8.92. The molecule has 1 aromatic carbocycles. The van der Waals surface area contributed by atoms with E-state index in [1.54, 1.807) is 6.20 Å². The van der Waals surface area contributed by atoms with Gasteiger partial charge in [0.25, 0.3) is 0 Å². The van der Waals surface area contributed by atoms with E-state index in [0.717, 1.165) is 21.8 Å². The molecule has 0 unspecified atom stereocenters. The molecule has 2 aromatic heterocycles. The number of hydrogen-bond acceptors (Lipinski definition) is 3. The van der Waals surface area contributed by atoms with E-state index in [4.69, 9.17) is 4.79 Å². The number of carbonyl (C=O) groups is 1. The van der Waals surface area contributed by atoms with Crippen LogP contribution in [0.5, 0.6) is 0 Å². The molecule has 2 heterocycles. The minimum absolute atomic E-state index is 0.833. The predicted molar refractivity (Wildman–Crippen MR) is 65.2 cm³/mol. The van der Waals surface area contributed by atoms with Crippen molar-refractivity contribution in [3.63, 3.8) is 0 Å². The van der Waals surface area contributed by atoms with Crippen LogP contribution in [-0.2, 0) is 0 Å². The van der Waals surface area contributed by atoms with Gasteiger partial charge in [-0.2, -0.15) is 5.10 Å². The summed E-state index contributed by atoms with van der Waals surface area (Å²) < 4.78 is 0. The first-order valence-electron chi connectivity index (χ1n) is 4.90. The summed E-state index contributed by atoms with van der Waals surface area (Å²) in [6.07, 6.45) is 3.61. The van der Waals surface area contributed by atoms with Gasteiger partial charge in [0.1, 0.15) is 0 Å². The van der Waals surface area contributed by atoms with Gasteiger partial charge in [0.15, 0.2) is 0 Å². The van der Waals surface area contributed by atoms with Gasteiger partial charge in [-0.1, -0.05) is 12.1 Å². The number of carbonyl (C=O) groups excluding carboxylic acids is 1. The Morgan fingerprint density at radius 2 is 2.00 bits per heavy atom. The number of rotatable bonds is 0. The molecule has 0 saturated carbocycles. The van der Waals surface area contributed by atoms with Crippen LogP contribution >= 0.6 is 0 Å². The minimum Gasteiger partial charge on any atom is -0.352 e. The van der Waals surface area contributed by atoms with Crippen LogP contribution in [0, 0.1) is 0 Å². The number of nitrogens with one attached hydrogen (secondary N) is 1. The molecule has 0 aliphatic rings. The first kappa shape index (κ1) is 10.9. The number of amides is 2. The van der Waals surface area contributed by atoms with Gasteiger partial charge in [0.2, 0.25) is 0 Å². The van der Waals surface area contributed by atoms with Crippen molar-refractivity contribution in [3.8, 4) is 0 Å². The number of nitrogens with two attached hydrogens (primary N) is 2. The third-order valence-corrected chi connectivity index (χ3v) is 2.19. The van der Waals surface area contributed by atoms with Crippen molar-refractivity contribution in [3.05, 3.63) is 36.7 Å². The second-order valence-corrected chi connectivity index (χ2v) is 3.37. The number of benzene rings is 1. The summed E-state index contributed by atoms with van der Waals surface area (Å²) in [4.78, 5) is 13.3. The number of hydrogen-bond donors (Lipinski definition) is 3. The molecule has 0 aliphatic heterocycles. The zero-order chi connectivity index (χ0) is 12.3. The van der Waals surface area contributed by atoms with Crippen molar-refractivity contribution in [1.82, 2.24) is 15.2 Å². The lowest BCUT2D eigenvalue weighted by Gasteiger charge is -1.95. The monoisotopic (exact) mass is 229 g/mol. The number of primary amides is 2. The summed E-state index contributed by atoms with van der Waals surface area (Å²) in [5.74, 6) is 0. The van der Waals surface area contributed by atoms with Crippen LogP contribution in [0.1, 0.15) is 0 Å². The average molecular weight is 229 g/mol. The number of urea groups is 1. The van der Waals surface area contributed by atoms with Crippen LogP contribution in [0.3, 0.4) is 0 Å². The lowest BCUT2D eigenvalue weighted by Crippen LogP contribution is -2.18. The molecule has 5 N–H and O–H groups in total. The Morgan fingerprint density at radius 1 is 1.24 bits per heavy atom. The van der Waals surface area contributed by atoms with Crippen molar-refractivity contribution < 1.29 is 4.79 Å². The lowest BCUT2D eigenvalue weighted by molar-refractivity contribution is 0.256. The molecule has 3 aromatic rings. The van der Waals surface area contributed by atoms with Crippen LogP contribution in [0.15, 0.2) is 36.7 Å². The summed E-state index contributed by atoms with van der Waals surface area (Å²) >= 11 is 0. The lowest BCUT2D eigenvalue weighted by atomic mass is 10.1. The normalized spacial score (nSPS) is 9.88. The van der Waals surface area contributed by atoms with E-state index in [0.29, 0.717) is 0 Å². The Kier molecular flexibility index (Phi) is 2.87. The predicted octanol–water partition coefficient (Wildman–Crippen LogP) is 1.13. The fourth-order valence-electron chi connectivity index (χ4n) is 1.56. The Bertz CT molecular complexity index is 657. The second-order valence-electron chi connectivity index (χ2n) is 3.37. The maximum Gasteiger partial charge on any atom is 0.309 e. The molecule has 0 fully saturated rings. The molecule has 0 spiro atoms. The van der Waals surface area contributed by atoms with Crippen molar-refractivity contribution in [2.75, 3.05) is 0 Å². The van der Waals surface area contributed by atoms with Crippen LogP contribution in [0.4, 0.5) is 4.79 Å². The van der Waals surface area contributed by atoms with E-state index in [1.165, 1.54) is 0 Å². The topological polar surface area (TPSA) is 111 Å². The van der Waals surface area contributed by atoms with Gasteiger partial charge in [-0.05, 0) is 12.1 Å². The highest BCUT2D eigenvalue weighted by Gasteiger charge is 2.00. The van der Waals surface area contributed by atoms with Crippen LogP contribution < -0.4 is 11.5 Å². The van der Waals surface area contributed by atoms with Crippen LogP contribution in [0.25, 0.3) is 21.8 Å². The van der Waals surface area contributed by atoms with Crippen molar-refractivity contribution >= 4 is 27.8 Å². The van der Waals surface area contributed by atoms with Crippen molar-refractivity contribution in [2.45, 2.75) is 0 Å². The highest BCUT2D eigenvalue weighted by molar-refractivity contribution is 6.03. The molecule has 3 rings (SSSR count). The molecular formula is C11H11N5O. The van der Waals surface area contributed by atoms with Gasteiger partial charge >= 0.3 is 6.03 Å². The maximum atomic E-state index is 9.00. The summed E-state index contributed by atoms with van der Waals surface area (Å²) in [5.41, 5.74) is 10.5. The molecule has 0 saturated heterocycles. The van der Waals surface area contributed by atoms with Gasteiger partial charge in [0.05, 0.1) is 17.2 Å². The summed E-state index contributed by atoms with van der Waals surface area (Å²) in [6.45, 7) is 0. The first-order valence-corrected chi connectivity index (χ1v) is 4.90. The van der Waals surface area contributed by atoms with Gasteiger partial charge < -0.3 is 11.5 Å². The number of fused-ring (bicyclic) bond motifs is 3. The minimum atomic E-state index is -0.833. The van der Waals surface area contributed by atoms with E-state index in [2.05, 4.69) is 32.7 Å². The Labute approximate surface area is 96.6 Å². The highest BCUT2D eigenvalue weighted by Crippen LogP contribution is 2.20. The second kappa shape index (κ2) is 4.48. The molecule has 0 aliphatic carbocycles. The summed E-state index contributed by atoms with van der Waals surface area (Å²) in [5, 5.41) is 9.14. The Balaban J connectivity index is 0.000000239. The van der Waals surface area contributed by atoms with E-state index in [-0.39, 0.29) is 0 Å². The third kappa shape index (κ3) is 2.31. The molecule has 2 amide bonds. The van der Waals surface area contributed by atoms with Gasteiger partial charge in [-0.3, -0.25) is 10.1 Å². The number of aromatic nitrogens is 3. The van der Waals surface area contributed by atoms with Crippen molar-refractivity contribution in [1.29, 1.82) is 0 Å². The third-order valence-electron chi connectivity index (χ3n) is 2.19. The highest BCUT2D eigenvalue weighted by atomic mass is 16.2. The smallest absolute Gasteiger partial charge is 0.309 e. The van der Waals surface area contributed by atoms with E-state index in [9.17, 15) is 0 Å².